The number of nitrogens with one attached hydrogen (secondary N) is 1. The highest BCUT2D eigenvalue weighted by Crippen LogP contribution is 2.35. The molecule has 0 saturated heterocycles. The molecule has 0 spiro atoms. The summed E-state index contributed by atoms with van der Waals surface area (Å²) in [7, 11) is 0. The highest BCUT2D eigenvalue weighted by molar-refractivity contribution is 6.05. The number of hydrogen-bond acceptors (Lipinski definition) is 3. The third-order valence-electron chi connectivity index (χ3n) is 4.75. The lowest BCUT2D eigenvalue weighted by Gasteiger charge is -2.12. The molecule has 1 amide bonds. The summed E-state index contributed by atoms with van der Waals surface area (Å²) in [6.45, 7) is 10.4. The summed E-state index contributed by atoms with van der Waals surface area (Å²) in [5, 5.41) is 3.98. The molecule has 4 heteroatoms. The number of carbonyl (C=O) groups is 1. The second-order valence-corrected chi connectivity index (χ2v) is 6.69. The fourth-order valence-corrected chi connectivity index (χ4v) is 3.11. The number of furan rings is 1. The van der Waals surface area contributed by atoms with Crippen LogP contribution in [0.15, 0.2) is 46.9 Å². The standard InChI is InChI=1S/C23H25NO3/c1-6-26-21-13-22-19(16(4)17(5)27-22)12-18(21)15(3)11-23(25)24-20-10-8-7-9-14(20)2/h7-13H,6H2,1-5H3,(H,24,25)/b15-11+. The van der Waals surface area contributed by atoms with E-state index in [0.717, 1.165) is 50.4 Å². The van der Waals surface area contributed by atoms with Crippen molar-refractivity contribution >= 4 is 28.1 Å². The Labute approximate surface area is 159 Å². The Bertz CT molecular complexity index is 1030. The number of ether oxygens (including phenoxy) is 1. The van der Waals surface area contributed by atoms with Crippen LogP contribution in [0.1, 0.15) is 36.3 Å². The number of allylic oxidation sites excluding steroid dienone is 1. The summed E-state index contributed by atoms with van der Waals surface area (Å²) in [6, 6.07) is 11.7. The molecule has 0 unspecified atom stereocenters. The number of amides is 1. The zero-order valence-corrected chi connectivity index (χ0v) is 16.5. The lowest BCUT2D eigenvalue weighted by atomic mass is 10.0. The van der Waals surface area contributed by atoms with Crippen molar-refractivity contribution in [3.63, 3.8) is 0 Å². The van der Waals surface area contributed by atoms with Gasteiger partial charge in [-0.05, 0) is 63.5 Å². The minimum atomic E-state index is -0.163. The number of anilines is 1. The number of rotatable bonds is 5. The van der Waals surface area contributed by atoms with Gasteiger partial charge in [-0.1, -0.05) is 18.2 Å². The Hall–Kier alpha value is -3.01. The molecule has 0 aliphatic heterocycles. The molecule has 0 saturated carbocycles. The van der Waals surface area contributed by atoms with E-state index in [1.165, 1.54) is 0 Å². The van der Waals surface area contributed by atoms with Gasteiger partial charge in [0, 0.05) is 28.8 Å². The van der Waals surface area contributed by atoms with E-state index in [9.17, 15) is 4.79 Å². The molecule has 0 atom stereocenters. The molecule has 0 bridgehead atoms. The molecule has 4 nitrogen and oxygen atoms in total. The first kappa shape index (κ1) is 18.8. The largest absolute Gasteiger partial charge is 0.493 e. The number of aryl methyl sites for hydroxylation is 3. The molecule has 27 heavy (non-hydrogen) atoms. The van der Waals surface area contributed by atoms with Crippen LogP contribution in [0, 0.1) is 20.8 Å². The fraction of sp³-hybridized carbons (Fsp3) is 0.261. The third kappa shape index (κ3) is 3.90. The summed E-state index contributed by atoms with van der Waals surface area (Å²) in [5.74, 6) is 1.45. The van der Waals surface area contributed by atoms with Crippen LogP contribution in [0.3, 0.4) is 0 Å². The molecule has 140 valence electrons. The van der Waals surface area contributed by atoms with Crippen molar-refractivity contribution in [3.05, 3.63) is 64.9 Å². The highest BCUT2D eigenvalue weighted by atomic mass is 16.5. The van der Waals surface area contributed by atoms with Crippen molar-refractivity contribution in [2.75, 3.05) is 11.9 Å². The first-order valence-corrected chi connectivity index (χ1v) is 9.12. The summed E-state index contributed by atoms with van der Waals surface area (Å²) in [5.41, 5.74) is 5.48. The lowest BCUT2D eigenvalue weighted by Crippen LogP contribution is -2.09. The molecule has 0 aliphatic carbocycles. The van der Waals surface area contributed by atoms with Gasteiger partial charge in [-0.25, -0.2) is 0 Å². The van der Waals surface area contributed by atoms with Gasteiger partial charge < -0.3 is 14.5 Å². The van der Waals surface area contributed by atoms with Gasteiger partial charge in [0.1, 0.15) is 17.1 Å². The SMILES string of the molecule is CCOc1cc2oc(C)c(C)c2cc1/C(C)=C/C(=O)Nc1ccccc1C. The first-order chi connectivity index (χ1) is 12.9. The summed E-state index contributed by atoms with van der Waals surface area (Å²) >= 11 is 0. The minimum Gasteiger partial charge on any atom is -0.493 e. The molecule has 1 aromatic heterocycles. The molecule has 3 aromatic rings. The summed E-state index contributed by atoms with van der Waals surface area (Å²) in [4.78, 5) is 12.5. The second-order valence-electron chi connectivity index (χ2n) is 6.69. The van der Waals surface area contributed by atoms with Crippen LogP contribution < -0.4 is 10.1 Å². The van der Waals surface area contributed by atoms with Crippen molar-refractivity contribution in [3.8, 4) is 5.75 Å². The topological polar surface area (TPSA) is 51.5 Å². The van der Waals surface area contributed by atoms with Crippen LogP contribution in [0.2, 0.25) is 0 Å². The Morgan fingerprint density at radius 1 is 1.19 bits per heavy atom. The van der Waals surface area contributed by atoms with Crippen molar-refractivity contribution in [2.24, 2.45) is 0 Å². The molecule has 0 aliphatic rings. The Balaban J connectivity index is 1.97. The lowest BCUT2D eigenvalue weighted by molar-refractivity contribution is -0.111. The predicted octanol–water partition coefficient (Wildman–Crippen LogP) is 5.80. The maximum atomic E-state index is 12.5. The number of fused-ring (bicyclic) bond motifs is 1. The van der Waals surface area contributed by atoms with Crippen LogP contribution in [0.25, 0.3) is 16.5 Å². The Kier molecular flexibility index (Phi) is 5.36. The van der Waals surface area contributed by atoms with Crippen LogP contribution in [0.5, 0.6) is 5.75 Å². The average molecular weight is 363 g/mol. The van der Waals surface area contributed by atoms with E-state index >= 15 is 0 Å². The number of benzene rings is 2. The smallest absolute Gasteiger partial charge is 0.248 e. The van der Waals surface area contributed by atoms with Gasteiger partial charge in [0.2, 0.25) is 5.91 Å². The molecule has 0 radical (unpaired) electrons. The number of carbonyl (C=O) groups excluding carboxylic acids is 1. The van der Waals surface area contributed by atoms with Crippen LogP contribution in [0.4, 0.5) is 5.69 Å². The van der Waals surface area contributed by atoms with E-state index in [-0.39, 0.29) is 5.91 Å². The van der Waals surface area contributed by atoms with Crippen molar-refractivity contribution < 1.29 is 13.9 Å². The van der Waals surface area contributed by atoms with Gasteiger partial charge in [-0.15, -0.1) is 0 Å². The highest BCUT2D eigenvalue weighted by Gasteiger charge is 2.14. The van der Waals surface area contributed by atoms with Gasteiger partial charge in [0.15, 0.2) is 0 Å². The van der Waals surface area contributed by atoms with E-state index in [0.29, 0.717) is 6.61 Å². The Morgan fingerprint density at radius 2 is 1.93 bits per heavy atom. The molecule has 2 aromatic carbocycles. The normalized spacial score (nSPS) is 11.7. The zero-order chi connectivity index (χ0) is 19.6. The third-order valence-corrected chi connectivity index (χ3v) is 4.75. The molecule has 1 N–H and O–H groups in total. The van der Waals surface area contributed by atoms with Gasteiger partial charge >= 0.3 is 0 Å². The maximum Gasteiger partial charge on any atom is 0.248 e. The van der Waals surface area contributed by atoms with Crippen LogP contribution in [-0.2, 0) is 4.79 Å². The monoisotopic (exact) mass is 363 g/mol. The molecule has 0 fully saturated rings. The van der Waals surface area contributed by atoms with E-state index in [1.54, 1.807) is 6.08 Å². The summed E-state index contributed by atoms with van der Waals surface area (Å²) in [6.07, 6.45) is 1.61. The predicted molar refractivity (Wildman–Crippen MR) is 110 cm³/mol. The second kappa shape index (κ2) is 7.70. The Morgan fingerprint density at radius 3 is 2.63 bits per heavy atom. The van der Waals surface area contributed by atoms with E-state index in [4.69, 9.17) is 9.15 Å². The minimum absolute atomic E-state index is 0.163. The van der Waals surface area contributed by atoms with Gasteiger partial charge in [0.05, 0.1) is 6.61 Å². The zero-order valence-electron chi connectivity index (χ0n) is 16.5. The van der Waals surface area contributed by atoms with Crippen molar-refractivity contribution in [1.82, 2.24) is 0 Å². The van der Waals surface area contributed by atoms with E-state index in [2.05, 4.69) is 5.32 Å². The van der Waals surface area contributed by atoms with Crippen LogP contribution >= 0.6 is 0 Å². The molecule has 1 heterocycles. The van der Waals surface area contributed by atoms with E-state index in [1.807, 2.05) is 71.0 Å². The number of hydrogen-bond donors (Lipinski definition) is 1. The van der Waals surface area contributed by atoms with Gasteiger partial charge in [0.25, 0.3) is 0 Å². The molecule has 3 rings (SSSR count). The fourth-order valence-electron chi connectivity index (χ4n) is 3.11. The molecular weight excluding hydrogens is 338 g/mol. The van der Waals surface area contributed by atoms with Gasteiger partial charge in [-0.2, -0.15) is 0 Å². The quantitative estimate of drug-likeness (QED) is 0.583. The summed E-state index contributed by atoms with van der Waals surface area (Å²) < 4.78 is 11.6. The van der Waals surface area contributed by atoms with Crippen LogP contribution in [-0.4, -0.2) is 12.5 Å². The van der Waals surface area contributed by atoms with Gasteiger partial charge in [-0.3, -0.25) is 4.79 Å². The number of para-hydroxylation sites is 1. The first-order valence-electron chi connectivity index (χ1n) is 9.12. The average Bonchev–Trinajstić information content (AvgIpc) is 2.90. The van der Waals surface area contributed by atoms with E-state index < -0.39 is 0 Å². The van der Waals surface area contributed by atoms with Crippen molar-refractivity contribution in [1.29, 1.82) is 0 Å². The maximum absolute atomic E-state index is 12.5. The molecular formula is C23H25NO3. The van der Waals surface area contributed by atoms with Crippen molar-refractivity contribution in [2.45, 2.75) is 34.6 Å².